The average molecular weight is 486 g/mol. The van der Waals surface area contributed by atoms with Gasteiger partial charge in [0.25, 0.3) is 11.8 Å². The van der Waals surface area contributed by atoms with Gasteiger partial charge in [-0.25, -0.2) is 0 Å². The number of carbonyl (C=O) groups is 4. The molecular weight excluding hydrogens is 458 g/mol. The van der Waals surface area contributed by atoms with E-state index in [4.69, 9.17) is 4.74 Å². The van der Waals surface area contributed by atoms with Crippen molar-refractivity contribution in [3.63, 3.8) is 0 Å². The highest BCUT2D eigenvalue weighted by atomic mass is 16.5. The van der Waals surface area contributed by atoms with E-state index in [0.29, 0.717) is 5.69 Å². The Morgan fingerprint density at radius 3 is 2.11 bits per heavy atom. The summed E-state index contributed by atoms with van der Waals surface area (Å²) in [6.07, 6.45) is -0.111. The van der Waals surface area contributed by atoms with Gasteiger partial charge in [-0.15, -0.1) is 0 Å². The fourth-order valence-electron chi connectivity index (χ4n) is 4.11. The molecule has 2 N–H and O–H groups in total. The Balaban J connectivity index is 1.35. The van der Waals surface area contributed by atoms with Gasteiger partial charge in [0.1, 0.15) is 0 Å². The molecule has 1 aliphatic heterocycles. The van der Waals surface area contributed by atoms with Crippen LogP contribution in [0.5, 0.6) is 0 Å². The van der Waals surface area contributed by atoms with Crippen LogP contribution in [0.4, 0.5) is 5.69 Å². The lowest BCUT2D eigenvalue weighted by Crippen LogP contribution is -2.45. The fraction of sp³-hybridized carbons (Fsp3) is 0.214. The summed E-state index contributed by atoms with van der Waals surface area (Å²) in [6.45, 7) is 1.36. The first-order valence-corrected chi connectivity index (χ1v) is 11.6. The number of esters is 1. The maximum atomic E-state index is 13.3. The first-order chi connectivity index (χ1) is 17.4. The quantitative estimate of drug-likeness (QED) is 0.477. The zero-order valence-electron chi connectivity index (χ0n) is 19.8. The van der Waals surface area contributed by atoms with E-state index in [9.17, 15) is 19.2 Å². The summed E-state index contributed by atoms with van der Waals surface area (Å²) >= 11 is 0. The van der Waals surface area contributed by atoms with E-state index in [1.807, 2.05) is 79.7 Å². The molecule has 0 radical (unpaired) electrons. The van der Waals surface area contributed by atoms with Crippen LogP contribution in [-0.2, 0) is 23.9 Å². The predicted molar refractivity (Wildman–Crippen MR) is 133 cm³/mol. The van der Waals surface area contributed by atoms with Crippen LogP contribution in [0.25, 0.3) is 0 Å². The lowest BCUT2D eigenvalue weighted by Gasteiger charge is -2.23. The number of anilines is 1. The highest BCUT2D eigenvalue weighted by molar-refractivity contribution is 5.95. The lowest BCUT2D eigenvalue weighted by atomic mass is 9.91. The Labute approximate surface area is 209 Å². The molecule has 8 nitrogen and oxygen atoms in total. The van der Waals surface area contributed by atoms with Gasteiger partial charge in [0, 0.05) is 12.1 Å². The molecule has 0 unspecified atom stereocenters. The Morgan fingerprint density at radius 2 is 1.50 bits per heavy atom. The van der Waals surface area contributed by atoms with Crippen LogP contribution in [0.1, 0.15) is 29.0 Å². The normalized spacial score (nSPS) is 15.0. The van der Waals surface area contributed by atoms with Crippen molar-refractivity contribution < 1.29 is 23.9 Å². The summed E-state index contributed by atoms with van der Waals surface area (Å²) < 4.78 is 5.14. The number of hydrazine groups is 1. The van der Waals surface area contributed by atoms with Crippen molar-refractivity contribution in [1.29, 1.82) is 0 Å². The first-order valence-electron chi connectivity index (χ1n) is 11.6. The molecule has 8 heteroatoms. The molecule has 4 rings (SSSR count). The Hall–Kier alpha value is -4.46. The third kappa shape index (κ3) is 5.96. The van der Waals surface area contributed by atoms with Crippen LogP contribution in [-0.4, -0.2) is 41.9 Å². The van der Waals surface area contributed by atoms with Crippen LogP contribution in [0, 0.1) is 12.8 Å². The Morgan fingerprint density at radius 1 is 0.917 bits per heavy atom. The number of ether oxygens (including phenoxy) is 1. The minimum Gasteiger partial charge on any atom is -0.455 e. The fourth-order valence-corrected chi connectivity index (χ4v) is 4.11. The van der Waals surface area contributed by atoms with Crippen molar-refractivity contribution in [3.8, 4) is 0 Å². The molecule has 184 valence electrons. The third-order valence-electron chi connectivity index (χ3n) is 6.00. The standard InChI is InChI=1S/C28H27N3O5/c1-19-10-8-9-15-23(19)29-24(32)18-36-28(35)22-16-25(33)31(17-22)30-27(34)26(20-11-4-2-5-12-20)21-13-6-3-7-14-21/h2-15,22,26H,16-18H2,1H3,(H,29,32)(H,30,34)/t22-/m1/s1. The molecule has 0 aromatic heterocycles. The van der Waals surface area contributed by atoms with Crippen LogP contribution in [0.2, 0.25) is 0 Å². The van der Waals surface area contributed by atoms with E-state index >= 15 is 0 Å². The molecule has 1 atom stereocenters. The first kappa shape index (κ1) is 24.7. The van der Waals surface area contributed by atoms with Crippen molar-refractivity contribution in [2.75, 3.05) is 18.5 Å². The number of nitrogens with one attached hydrogen (secondary N) is 2. The topological polar surface area (TPSA) is 105 Å². The smallest absolute Gasteiger partial charge is 0.311 e. The number of hydrogen-bond donors (Lipinski definition) is 2. The number of hydrogen-bond acceptors (Lipinski definition) is 5. The second kappa shape index (κ2) is 11.3. The average Bonchev–Trinajstić information content (AvgIpc) is 3.25. The zero-order valence-corrected chi connectivity index (χ0v) is 19.8. The Bertz CT molecular complexity index is 1210. The SMILES string of the molecule is Cc1ccccc1NC(=O)COC(=O)[C@@H]1CC(=O)N(NC(=O)C(c2ccccc2)c2ccccc2)C1. The van der Waals surface area contributed by atoms with Gasteiger partial charge in [-0.05, 0) is 29.7 Å². The molecular formula is C28H27N3O5. The highest BCUT2D eigenvalue weighted by Crippen LogP contribution is 2.26. The molecule has 36 heavy (non-hydrogen) atoms. The van der Waals surface area contributed by atoms with E-state index in [-0.39, 0.29) is 18.9 Å². The summed E-state index contributed by atoms with van der Waals surface area (Å²) in [5, 5.41) is 3.85. The van der Waals surface area contributed by atoms with Crippen molar-refractivity contribution in [2.24, 2.45) is 5.92 Å². The second-order valence-electron chi connectivity index (χ2n) is 8.61. The summed E-state index contributed by atoms with van der Waals surface area (Å²) in [5.41, 5.74) is 5.75. The number of amides is 3. The van der Waals surface area contributed by atoms with Gasteiger partial charge in [0.15, 0.2) is 6.61 Å². The summed E-state index contributed by atoms with van der Waals surface area (Å²) in [7, 11) is 0. The molecule has 1 heterocycles. The lowest BCUT2D eigenvalue weighted by molar-refractivity contribution is -0.151. The third-order valence-corrected chi connectivity index (χ3v) is 6.00. The number of carbonyl (C=O) groups excluding carboxylic acids is 4. The zero-order chi connectivity index (χ0) is 25.5. The van der Waals surface area contributed by atoms with Gasteiger partial charge >= 0.3 is 5.97 Å². The number of rotatable bonds is 8. The summed E-state index contributed by atoms with van der Waals surface area (Å²) in [5.74, 6) is -3.32. The molecule has 3 amide bonds. The molecule has 0 bridgehead atoms. The maximum absolute atomic E-state index is 13.3. The molecule has 3 aromatic rings. The molecule has 0 saturated carbocycles. The van der Waals surface area contributed by atoms with Gasteiger partial charge in [0.05, 0.1) is 18.4 Å². The monoisotopic (exact) mass is 485 g/mol. The van der Waals surface area contributed by atoms with Gasteiger partial charge in [-0.2, -0.15) is 0 Å². The molecule has 1 fully saturated rings. The number of nitrogens with zero attached hydrogens (tertiary/aromatic N) is 1. The van der Waals surface area contributed by atoms with Crippen LogP contribution in [0.3, 0.4) is 0 Å². The molecule has 3 aromatic carbocycles. The largest absolute Gasteiger partial charge is 0.455 e. The van der Waals surface area contributed by atoms with E-state index in [0.717, 1.165) is 21.7 Å². The Kier molecular flexibility index (Phi) is 7.75. The van der Waals surface area contributed by atoms with Gasteiger partial charge in [0.2, 0.25) is 5.91 Å². The minimum absolute atomic E-state index is 0.0287. The second-order valence-corrected chi connectivity index (χ2v) is 8.61. The minimum atomic E-state index is -0.782. The van der Waals surface area contributed by atoms with E-state index < -0.39 is 36.2 Å². The molecule has 0 spiro atoms. The van der Waals surface area contributed by atoms with Crippen LogP contribution in [0.15, 0.2) is 84.9 Å². The van der Waals surface area contributed by atoms with Crippen molar-refractivity contribution in [1.82, 2.24) is 10.4 Å². The highest BCUT2D eigenvalue weighted by Gasteiger charge is 2.37. The van der Waals surface area contributed by atoms with Crippen LogP contribution >= 0.6 is 0 Å². The molecule has 0 aliphatic carbocycles. The predicted octanol–water partition coefficient (Wildman–Crippen LogP) is 3.19. The van der Waals surface area contributed by atoms with E-state index in [2.05, 4.69) is 10.7 Å². The van der Waals surface area contributed by atoms with E-state index in [1.54, 1.807) is 12.1 Å². The summed E-state index contributed by atoms with van der Waals surface area (Å²) in [4.78, 5) is 50.5. The van der Waals surface area contributed by atoms with Crippen LogP contribution < -0.4 is 10.7 Å². The van der Waals surface area contributed by atoms with Crippen molar-refractivity contribution in [3.05, 3.63) is 102 Å². The van der Waals surface area contributed by atoms with Crippen molar-refractivity contribution >= 4 is 29.4 Å². The molecule has 1 saturated heterocycles. The van der Waals surface area contributed by atoms with Gasteiger partial charge in [-0.3, -0.25) is 29.6 Å². The number of aryl methyl sites for hydroxylation is 1. The van der Waals surface area contributed by atoms with Gasteiger partial charge in [-0.1, -0.05) is 78.9 Å². The summed E-state index contributed by atoms with van der Waals surface area (Å²) in [6, 6.07) is 25.8. The van der Waals surface area contributed by atoms with E-state index in [1.165, 1.54) is 0 Å². The van der Waals surface area contributed by atoms with Crippen molar-refractivity contribution in [2.45, 2.75) is 19.3 Å². The van der Waals surface area contributed by atoms with Gasteiger partial charge < -0.3 is 10.1 Å². The number of para-hydroxylation sites is 1. The molecule has 1 aliphatic rings. The maximum Gasteiger partial charge on any atom is 0.311 e. The number of benzene rings is 3.